The first-order valence-electron chi connectivity index (χ1n) is 5.94. The highest BCUT2D eigenvalue weighted by molar-refractivity contribution is 5.89. The SMILES string of the molecule is [CH2]CCC(=O)Oc1ccc(C(=O)OCCC)cc1. The lowest BCUT2D eigenvalue weighted by molar-refractivity contribution is -0.134. The summed E-state index contributed by atoms with van der Waals surface area (Å²) >= 11 is 0. The molecule has 1 radical (unpaired) electrons. The molecule has 0 aromatic heterocycles. The molecule has 0 aliphatic heterocycles. The van der Waals surface area contributed by atoms with E-state index in [2.05, 4.69) is 6.92 Å². The zero-order valence-corrected chi connectivity index (χ0v) is 10.5. The quantitative estimate of drug-likeness (QED) is 0.574. The standard InChI is InChI=1S/C14H17O4/c1-3-5-13(15)18-12-8-6-11(7-9-12)14(16)17-10-4-2/h6-9H,1,3-5,10H2,2H3. The van der Waals surface area contributed by atoms with Gasteiger partial charge < -0.3 is 9.47 Å². The van der Waals surface area contributed by atoms with Gasteiger partial charge in [0.2, 0.25) is 0 Å². The maximum atomic E-state index is 11.5. The van der Waals surface area contributed by atoms with Gasteiger partial charge in [-0.15, -0.1) is 0 Å². The van der Waals surface area contributed by atoms with E-state index in [4.69, 9.17) is 9.47 Å². The van der Waals surface area contributed by atoms with E-state index >= 15 is 0 Å². The van der Waals surface area contributed by atoms with Crippen LogP contribution < -0.4 is 4.74 Å². The van der Waals surface area contributed by atoms with Crippen LogP contribution in [0, 0.1) is 6.92 Å². The van der Waals surface area contributed by atoms with Crippen LogP contribution in [-0.2, 0) is 9.53 Å². The molecule has 0 unspecified atom stereocenters. The monoisotopic (exact) mass is 249 g/mol. The number of ether oxygens (including phenoxy) is 2. The Morgan fingerprint density at radius 2 is 1.89 bits per heavy atom. The number of carbonyl (C=O) groups excluding carboxylic acids is 2. The molecule has 0 saturated heterocycles. The van der Waals surface area contributed by atoms with Crippen molar-refractivity contribution in [1.29, 1.82) is 0 Å². The fourth-order valence-electron chi connectivity index (χ4n) is 1.26. The summed E-state index contributed by atoms with van der Waals surface area (Å²) in [5, 5.41) is 0. The van der Waals surface area contributed by atoms with Crippen molar-refractivity contribution in [1.82, 2.24) is 0 Å². The van der Waals surface area contributed by atoms with Gasteiger partial charge in [-0.1, -0.05) is 13.8 Å². The van der Waals surface area contributed by atoms with Crippen LogP contribution >= 0.6 is 0 Å². The smallest absolute Gasteiger partial charge is 0.338 e. The minimum atomic E-state index is -0.368. The van der Waals surface area contributed by atoms with Gasteiger partial charge in [0.15, 0.2) is 0 Å². The zero-order valence-electron chi connectivity index (χ0n) is 10.5. The molecule has 0 aliphatic rings. The summed E-state index contributed by atoms with van der Waals surface area (Å²) in [6, 6.07) is 6.29. The van der Waals surface area contributed by atoms with Crippen LogP contribution in [0.15, 0.2) is 24.3 Å². The molecule has 18 heavy (non-hydrogen) atoms. The fraction of sp³-hybridized carbons (Fsp3) is 0.357. The molecule has 0 atom stereocenters. The van der Waals surface area contributed by atoms with Gasteiger partial charge in [0, 0.05) is 6.42 Å². The minimum absolute atomic E-state index is 0.278. The third kappa shape index (κ3) is 4.57. The lowest BCUT2D eigenvalue weighted by Crippen LogP contribution is -2.08. The van der Waals surface area contributed by atoms with E-state index in [-0.39, 0.29) is 18.4 Å². The molecule has 0 saturated carbocycles. The molecule has 0 bridgehead atoms. The number of hydrogen-bond donors (Lipinski definition) is 0. The summed E-state index contributed by atoms with van der Waals surface area (Å²) in [5.74, 6) is -0.278. The normalized spacial score (nSPS) is 9.89. The summed E-state index contributed by atoms with van der Waals surface area (Å²) in [6.45, 7) is 5.90. The predicted octanol–water partition coefficient (Wildman–Crippen LogP) is 2.77. The lowest BCUT2D eigenvalue weighted by atomic mass is 10.2. The highest BCUT2D eigenvalue weighted by atomic mass is 16.5. The Balaban J connectivity index is 2.57. The molecule has 1 rings (SSSR count). The van der Waals surface area contributed by atoms with Crippen molar-refractivity contribution in [2.24, 2.45) is 0 Å². The van der Waals surface area contributed by atoms with E-state index in [0.29, 0.717) is 24.3 Å². The highest BCUT2D eigenvalue weighted by Crippen LogP contribution is 2.14. The van der Waals surface area contributed by atoms with Crippen molar-refractivity contribution in [2.45, 2.75) is 26.2 Å². The molecule has 1 aromatic carbocycles. The van der Waals surface area contributed by atoms with Crippen molar-refractivity contribution in [3.05, 3.63) is 36.8 Å². The van der Waals surface area contributed by atoms with Gasteiger partial charge >= 0.3 is 11.9 Å². The van der Waals surface area contributed by atoms with E-state index in [9.17, 15) is 9.59 Å². The Morgan fingerprint density at radius 3 is 2.44 bits per heavy atom. The Hall–Kier alpha value is -1.84. The van der Waals surface area contributed by atoms with Crippen LogP contribution in [0.5, 0.6) is 5.75 Å². The van der Waals surface area contributed by atoms with Gasteiger partial charge in [0.25, 0.3) is 0 Å². The van der Waals surface area contributed by atoms with Gasteiger partial charge in [0.05, 0.1) is 12.2 Å². The molecule has 0 amide bonds. The summed E-state index contributed by atoms with van der Waals surface area (Å²) in [5.41, 5.74) is 0.445. The third-order valence-corrected chi connectivity index (χ3v) is 2.14. The number of carbonyl (C=O) groups is 2. The lowest BCUT2D eigenvalue weighted by Gasteiger charge is -2.05. The molecule has 0 fully saturated rings. The molecule has 4 nitrogen and oxygen atoms in total. The minimum Gasteiger partial charge on any atom is -0.462 e. The van der Waals surface area contributed by atoms with E-state index < -0.39 is 0 Å². The Kier molecular flexibility index (Phi) is 5.91. The summed E-state index contributed by atoms with van der Waals surface area (Å²) in [4.78, 5) is 22.7. The van der Waals surface area contributed by atoms with Gasteiger partial charge in [0.1, 0.15) is 5.75 Å². The van der Waals surface area contributed by atoms with Crippen LogP contribution in [0.3, 0.4) is 0 Å². The first-order chi connectivity index (χ1) is 8.67. The predicted molar refractivity (Wildman–Crippen MR) is 67.2 cm³/mol. The molecule has 97 valence electrons. The van der Waals surface area contributed by atoms with Crippen LogP contribution in [-0.4, -0.2) is 18.5 Å². The largest absolute Gasteiger partial charge is 0.462 e. The van der Waals surface area contributed by atoms with Crippen molar-refractivity contribution < 1.29 is 19.1 Å². The van der Waals surface area contributed by atoms with Crippen LogP contribution in [0.2, 0.25) is 0 Å². The second kappa shape index (κ2) is 7.48. The van der Waals surface area contributed by atoms with E-state index in [1.165, 1.54) is 0 Å². The van der Waals surface area contributed by atoms with Crippen LogP contribution in [0.25, 0.3) is 0 Å². The van der Waals surface area contributed by atoms with Crippen molar-refractivity contribution in [3.8, 4) is 5.75 Å². The average Bonchev–Trinajstić information content (AvgIpc) is 2.37. The van der Waals surface area contributed by atoms with Crippen molar-refractivity contribution >= 4 is 11.9 Å². The molecule has 0 N–H and O–H groups in total. The van der Waals surface area contributed by atoms with Crippen LogP contribution in [0.1, 0.15) is 36.5 Å². The van der Waals surface area contributed by atoms with Crippen molar-refractivity contribution in [3.63, 3.8) is 0 Å². The second-order valence-electron chi connectivity index (χ2n) is 3.74. The zero-order chi connectivity index (χ0) is 13.4. The third-order valence-electron chi connectivity index (χ3n) is 2.14. The Labute approximate surface area is 107 Å². The average molecular weight is 249 g/mol. The fourth-order valence-corrected chi connectivity index (χ4v) is 1.26. The molecular weight excluding hydrogens is 232 g/mol. The number of benzene rings is 1. The highest BCUT2D eigenvalue weighted by Gasteiger charge is 2.08. The van der Waals surface area contributed by atoms with Crippen molar-refractivity contribution in [2.75, 3.05) is 6.61 Å². The van der Waals surface area contributed by atoms with Gasteiger partial charge in [-0.25, -0.2) is 4.79 Å². The topological polar surface area (TPSA) is 52.6 Å². The summed E-state index contributed by atoms with van der Waals surface area (Å²) in [7, 11) is 0. The first kappa shape index (κ1) is 14.2. The molecular formula is C14H17O4. The summed E-state index contributed by atoms with van der Waals surface area (Å²) < 4.78 is 10.0. The number of rotatable bonds is 6. The molecule has 1 aromatic rings. The first-order valence-corrected chi connectivity index (χ1v) is 5.94. The van der Waals surface area contributed by atoms with E-state index in [1.54, 1.807) is 24.3 Å². The molecule has 4 heteroatoms. The molecule has 0 heterocycles. The van der Waals surface area contributed by atoms with E-state index in [0.717, 1.165) is 6.42 Å². The molecule has 0 aliphatic carbocycles. The second-order valence-corrected chi connectivity index (χ2v) is 3.74. The van der Waals surface area contributed by atoms with Gasteiger partial charge in [-0.3, -0.25) is 4.79 Å². The van der Waals surface area contributed by atoms with E-state index in [1.807, 2.05) is 6.92 Å². The Morgan fingerprint density at radius 1 is 1.22 bits per heavy atom. The number of esters is 2. The van der Waals surface area contributed by atoms with Gasteiger partial charge in [-0.05, 0) is 37.1 Å². The van der Waals surface area contributed by atoms with Crippen LogP contribution in [0.4, 0.5) is 0 Å². The summed E-state index contributed by atoms with van der Waals surface area (Å²) in [6.07, 6.45) is 1.56. The Bertz CT molecular complexity index is 395. The number of hydrogen-bond acceptors (Lipinski definition) is 4. The maximum Gasteiger partial charge on any atom is 0.338 e. The molecule has 0 spiro atoms. The van der Waals surface area contributed by atoms with Gasteiger partial charge in [-0.2, -0.15) is 0 Å². The maximum absolute atomic E-state index is 11.5.